The fourth-order valence-corrected chi connectivity index (χ4v) is 4.10. The molecule has 0 spiro atoms. The molecular weight excluding hydrogens is 340 g/mol. The monoisotopic (exact) mass is 374 g/mol. The largest absolute Gasteiger partial charge is 0.469 e. The van der Waals surface area contributed by atoms with E-state index in [-0.39, 0.29) is 6.10 Å². The van der Waals surface area contributed by atoms with E-state index in [1.807, 2.05) is 12.1 Å². The van der Waals surface area contributed by atoms with Crippen LogP contribution < -0.4 is 10.6 Å². The summed E-state index contributed by atoms with van der Waals surface area (Å²) in [6, 6.07) is 5.36. The molecule has 1 aromatic rings. The maximum absolute atomic E-state index is 5.84. The third-order valence-corrected chi connectivity index (χ3v) is 5.90. The van der Waals surface area contributed by atoms with Crippen LogP contribution in [-0.4, -0.2) is 61.8 Å². The summed E-state index contributed by atoms with van der Waals surface area (Å²) < 4.78 is 11.3. The Morgan fingerprint density at radius 1 is 1.15 bits per heavy atom. The van der Waals surface area contributed by atoms with Gasteiger partial charge in [-0.1, -0.05) is 0 Å². The molecule has 6 heteroatoms. The van der Waals surface area contributed by atoms with Crippen molar-refractivity contribution in [2.75, 3.05) is 32.8 Å². The lowest BCUT2D eigenvalue weighted by Crippen LogP contribution is -2.49. The Morgan fingerprint density at radius 3 is 2.74 bits per heavy atom. The van der Waals surface area contributed by atoms with Crippen molar-refractivity contribution in [2.45, 2.75) is 69.6 Å². The van der Waals surface area contributed by atoms with Gasteiger partial charge in [0.2, 0.25) is 0 Å². The molecule has 27 heavy (non-hydrogen) atoms. The topological polar surface area (TPSA) is 62.0 Å². The summed E-state index contributed by atoms with van der Waals surface area (Å²) in [5, 5.41) is 7.18. The Morgan fingerprint density at radius 2 is 2.04 bits per heavy atom. The van der Waals surface area contributed by atoms with Crippen LogP contribution in [0.15, 0.2) is 27.8 Å². The van der Waals surface area contributed by atoms with Crippen LogP contribution in [0.1, 0.15) is 50.7 Å². The molecule has 1 aliphatic carbocycles. The van der Waals surface area contributed by atoms with E-state index in [9.17, 15) is 0 Å². The third kappa shape index (κ3) is 5.98. The molecule has 1 atom stereocenters. The Labute approximate surface area is 162 Å². The maximum atomic E-state index is 5.84. The molecule has 2 N–H and O–H groups in total. The van der Waals surface area contributed by atoms with Crippen molar-refractivity contribution in [3.63, 3.8) is 0 Å². The Hall–Kier alpha value is -1.53. The zero-order chi connectivity index (χ0) is 18.3. The van der Waals surface area contributed by atoms with Gasteiger partial charge in [0.25, 0.3) is 0 Å². The highest BCUT2D eigenvalue weighted by molar-refractivity contribution is 5.80. The summed E-state index contributed by atoms with van der Waals surface area (Å²) in [5.41, 5.74) is 0. The normalized spacial score (nSPS) is 25.5. The molecule has 150 valence electrons. The molecule has 3 aliphatic rings. The van der Waals surface area contributed by atoms with Crippen LogP contribution in [-0.2, 0) is 11.2 Å². The second kappa shape index (κ2) is 9.60. The minimum absolute atomic E-state index is 0.277. The molecule has 1 saturated carbocycles. The highest BCUT2D eigenvalue weighted by Gasteiger charge is 2.31. The SMILES string of the molecule is c1coc(CCNC(=NCC2CCCCO2)NC2CCN(C3CC3)CC2)c1. The van der Waals surface area contributed by atoms with E-state index in [0.29, 0.717) is 6.04 Å². The molecule has 3 fully saturated rings. The van der Waals surface area contributed by atoms with Crippen LogP contribution in [0.2, 0.25) is 0 Å². The van der Waals surface area contributed by atoms with Gasteiger partial charge in [-0.3, -0.25) is 4.99 Å². The first-order chi connectivity index (χ1) is 13.4. The summed E-state index contributed by atoms with van der Waals surface area (Å²) in [6.07, 6.45) is 11.7. The van der Waals surface area contributed by atoms with Crippen molar-refractivity contribution in [3.8, 4) is 0 Å². The lowest BCUT2D eigenvalue weighted by molar-refractivity contribution is 0.0224. The molecule has 0 radical (unpaired) electrons. The van der Waals surface area contributed by atoms with Crippen LogP contribution in [0.25, 0.3) is 0 Å². The van der Waals surface area contributed by atoms with Crippen LogP contribution >= 0.6 is 0 Å². The number of piperidine rings is 1. The average Bonchev–Trinajstić information content (AvgIpc) is 3.43. The summed E-state index contributed by atoms with van der Waals surface area (Å²) in [6.45, 7) is 4.89. The lowest BCUT2D eigenvalue weighted by atomic mass is 10.1. The first-order valence-electron chi connectivity index (χ1n) is 10.8. The highest BCUT2D eigenvalue weighted by atomic mass is 16.5. The second-order valence-electron chi connectivity index (χ2n) is 8.12. The molecule has 0 aromatic carbocycles. The summed E-state index contributed by atoms with van der Waals surface area (Å²) in [4.78, 5) is 7.51. The standard InChI is InChI=1S/C21H34N4O2/c1-2-14-27-20(4-1)16-23-21(22-11-8-19-5-3-15-26-19)24-17-9-12-25(13-10-17)18-6-7-18/h3,5,15,17-18,20H,1-2,4,6-14,16H2,(H2,22,23,24). The number of aliphatic imine (C=N–C) groups is 1. The van der Waals surface area contributed by atoms with Crippen LogP contribution in [0.3, 0.4) is 0 Å². The number of ether oxygens (including phenoxy) is 1. The average molecular weight is 375 g/mol. The van der Waals surface area contributed by atoms with E-state index >= 15 is 0 Å². The number of nitrogens with zero attached hydrogens (tertiary/aromatic N) is 2. The van der Waals surface area contributed by atoms with E-state index in [0.717, 1.165) is 50.3 Å². The molecular formula is C21H34N4O2. The number of likely N-dealkylation sites (tertiary alicyclic amines) is 1. The van der Waals surface area contributed by atoms with Crippen LogP contribution in [0.4, 0.5) is 0 Å². The molecule has 2 saturated heterocycles. The van der Waals surface area contributed by atoms with E-state index in [1.54, 1.807) is 6.26 Å². The van der Waals surface area contributed by atoms with E-state index in [4.69, 9.17) is 14.1 Å². The van der Waals surface area contributed by atoms with Gasteiger partial charge < -0.3 is 24.7 Å². The predicted octanol–water partition coefficient (Wildman–Crippen LogP) is 2.55. The summed E-state index contributed by atoms with van der Waals surface area (Å²) in [7, 11) is 0. The zero-order valence-electron chi connectivity index (χ0n) is 16.4. The second-order valence-corrected chi connectivity index (χ2v) is 8.12. The van der Waals surface area contributed by atoms with Gasteiger partial charge in [-0.2, -0.15) is 0 Å². The fourth-order valence-electron chi connectivity index (χ4n) is 4.10. The molecule has 2 aliphatic heterocycles. The van der Waals surface area contributed by atoms with Gasteiger partial charge in [0.1, 0.15) is 5.76 Å². The number of rotatable bonds is 7. The van der Waals surface area contributed by atoms with Crippen molar-refractivity contribution in [3.05, 3.63) is 24.2 Å². The summed E-state index contributed by atoms with van der Waals surface area (Å²) in [5.74, 6) is 1.94. The zero-order valence-corrected chi connectivity index (χ0v) is 16.4. The molecule has 4 rings (SSSR count). The van der Waals surface area contributed by atoms with E-state index < -0.39 is 0 Å². The Balaban J connectivity index is 1.27. The smallest absolute Gasteiger partial charge is 0.191 e. The van der Waals surface area contributed by atoms with Gasteiger partial charge in [-0.25, -0.2) is 0 Å². The van der Waals surface area contributed by atoms with Crippen LogP contribution in [0, 0.1) is 0 Å². The number of furan rings is 1. The number of hydrogen-bond acceptors (Lipinski definition) is 4. The molecule has 0 amide bonds. The summed E-state index contributed by atoms with van der Waals surface area (Å²) >= 11 is 0. The first kappa shape index (κ1) is 18.8. The van der Waals surface area contributed by atoms with Gasteiger partial charge in [0, 0.05) is 44.7 Å². The van der Waals surface area contributed by atoms with Crippen molar-refractivity contribution in [2.24, 2.45) is 4.99 Å². The number of hydrogen-bond donors (Lipinski definition) is 2. The van der Waals surface area contributed by atoms with Crippen molar-refractivity contribution >= 4 is 5.96 Å². The van der Waals surface area contributed by atoms with E-state index in [1.165, 1.54) is 51.6 Å². The van der Waals surface area contributed by atoms with Crippen molar-refractivity contribution < 1.29 is 9.15 Å². The van der Waals surface area contributed by atoms with Gasteiger partial charge in [-0.05, 0) is 57.1 Å². The van der Waals surface area contributed by atoms with Gasteiger partial charge >= 0.3 is 0 Å². The van der Waals surface area contributed by atoms with Gasteiger partial charge in [0.15, 0.2) is 5.96 Å². The quantitative estimate of drug-likeness (QED) is 0.567. The van der Waals surface area contributed by atoms with Crippen molar-refractivity contribution in [1.82, 2.24) is 15.5 Å². The highest BCUT2D eigenvalue weighted by Crippen LogP contribution is 2.29. The minimum Gasteiger partial charge on any atom is -0.469 e. The molecule has 1 aromatic heterocycles. The van der Waals surface area contributed by atoms with Gasteiger partial charge in [0.05, 0.1) is 18.9 Å². The number of guanidine groups is 1. The lowest BCUT2D eigenvalue weighted by Gasteiger charge is -2.33. The Bertz CT molecular complexity index is 571. The third-order valence-electron chi connectivity index (χ3n) is 5.90. The fraction of sp³-hybridized carbons (Fsp3) is 0.762. The van der Waals surface area contributed by atoms with Gasteiger partial charge in [-0.15, -0.1) is 0 Å². The molecule has 0 bridgehead atoms. The molecule has 6 nitrogen and oxygen atoms in total. The van der Waals surface area contributed by atoms with Crippen LogP contribution in [0.5, 0.6) is 0 Å². The van der Waals surface area contributed by atoms with Crippen molar-refractivity contribution in [1.29, 1.82) is 0 Å². The maximum Gasteiger partial charge on any atom is 0.191 e. The van der Waals surface area contributed by atoms with E-state index in [2.05, 4.69) is 15.5 Å². The number of nitrogens with one attached hydrogen (secondary N) is 2. The predicted molar refractivity (Wildman–Crippen MR) is 107 cm³/mol. The molecule has 3 heterocycles. The minimum atomic E-state index is 0.277. The molecule has 1 unspecified atom stereocenters. The Kier molecular flexibility index (Phi) is 6.69. The first-order valence-corrected chi connectivity index (χ1v) is 10.8.